The number of hydrogen-bond donors (Lipinski definition) is 1. The van der Waals surface area contributed by atoms with Gasteiger partial charge in [0, 0.05) is 11.8 Å². The van der Waals surface area contributed by atoms with E-state index in [0.29, 0.717) is 6.29 Å². The Morgan fingerprint density at radius 3 is 2.60 bits per heavy atom. The lowest BCUT2D eigenvalue weighted by Crippen LogP contribution is -2.48. The number of nitrogens with one attached hydrogen (secondary N) is 1. The highest BCUT2D eigenvalue weighted by atomic mass is 16.6. The SMILES string of the molecule is CC(=O)NC(C[N+](=O)[O-])C(C=O)OCc1ccccc1. The molecular formula is C13H16N2O5. The van der Waals surface area contributed by atoms with Gasteiger partial charge in [-0.05, 0) is 5.56 Å². The van der Waals surface area contributed by atoms with E-state index in [1.165, 1.54) is 6.92 Å². The van der Waals surface area contributed by atoms with E-state index < -0.39 is 29.5 Å². The second-order valence-corrected chi connectivity index (χ2v) is 4.22. The lowest BCUT2D eigenvalue weighted by atomic mass is 10.1. The third-order valence-corrected chi connectivity index (χ3v) is 2.55. The molecular weight excluding hydrogens is 264 g/mol. The summed E-state index contributed by atoms with van der Waals surface area (Å²) in [5.74, 6) is -0.452. The molecule has 7 nitrogen and oxygen atoms in total. The van der Waals surface area contributed by atoms with Crippen molar-refractivity contribution in [2.45, 2.75) is 25.7 Å². The zero-order valence-corrected chi connectivity index (χ0v) is 11.0. The van der Waals surface area contributed by atoms with Crippen molar-refractivity contribution < 1.29 is 19.2 Å². The van der Waals surface area contributed by atoms with Crippen molar-refractivity contribution in [3.05, 3.63) is 46.0 Å². The first-order chi connectivity index (χ1) is 9.52. The molecule has 1 N–H and O–H groups in total. The summed E-state index contributed by atoms with van der Waals surface area (Å²) in [5, 5.41) is 12.9. The zero-order chi connectivity index (χ0) is 15.0. The van der Waals surface area contributed by atoms with Crippen LogP contribution in [-0.2, 0) is 20.9 Å². The summed E-state index contributed by atoms with van der Waals surface area (Å²) in [6.45, 7) is 0.793. The van der Waals surface area contributed by atoms with Gasteiger partial charge in [-0.2, -0.15) is 0 Å². The van der Waals surface area contributed by atoms with Crippen LogP contribution in [0.5, 0.6) is 0 Å². The van der Waals surface area contributed by atoms with Gasteiger partial charge in [-0.15, -0.1) is 0 Å². The van der Waals surface area contributed by atoms with E-state index in [9.17, 15) is 19.7 Å². The van der Waals surface area contributed by atoms with Crippen molar-refractivity contribution in [2.75, 3.05) is 6.54 Å². The maximum atomic E-state index is 11.0. The number of aldehydes is 1. The number of hydrogen-bond acceptors (Lipinski definition) is 5. The standard InChI is InChI=1S/C13H16N2O5/c1-10(17)14-12(7-15(18)19)13(8-16)20-9-11-5-3-2-4-6-11/h2-6,8,12-13H,7,9H2,1H3,(H,14,17). The predicted molar refractivity (Wildman–Crippen MR) is 70.5 cm³/mol. The second-order valence-electron chi connectivity index (χ2n) is 4.22. The van der Waals surface area contributed by atoms with Crippen molar-refractivity contribution in [3.63, 3.8) is 0 Å². The summed E-state index contributed by atoms with van der Waals surface area (Å²) in [5.41, 5.74) is 0.835. The molecule has 2 atom stereocenters. The lowest BCUT2D eigenvalue weighted by molar-refractivity contribution is -0.484. The average molecular weight is 280 g/mol. The summed E-state index contributed by atoms with van der Waals surface area (Å²) in [4.78, 5) is 32.0. The van der Waals surface area contributed by atoms with Crippen LogP contribution in [0.4, 0.5) is 0 Å². The van der Waals surface area contributed by atoms with Gasteiger partial charge in [0.2, 0.25) is 12.5 Å². The van der Waals surface area contributed by atoms with Crippen LogP contribution in [0.2, 0.25) is 0 Å². The number of benzene rings is 1. The van der Waals surface area contributed by atoms with Crippen LogP contribution in [0, 0.1) is 10.1 Å². The molecule has 108 valence electrons. The molecule has 0 aliphatic carbocycles. The maximum absolute atomic E-state index is 11.0. The zero-order valence-electron chi connectivity index (χ0n) is 11.0. The Morgan fingerprint density at radius 1 is 1.45 bits per heavy atom. The van der Waals surface area contributed by atoms with Crippen LogP contribution >= 0.6 is 0 Å². The number of nitrogens with zero attached hydrogens (tertiary/aromatic N) is 1. The largest absolute Gasteiger partial charge is 0.364 e. The first kappa shape index (κ1) is 15.8. The fourth-order valence-electron chi connectivity index (χ4n) is 1.67. The Balaban J connectivity index is 2.66. The molecule has 7 heteroatoms. The number of carbonyl (C=O) groups is 2. The minimum Gasteiger partial charge on any atom is -0.364 e. The van der Waals surface area contributed by atoms with Gasteiger partial charge in [-0.1, -0.05) is 30.3 Å². The molecule has 0 aliphatic rings. The molecule has 0 saturated carbocycles. The summed E-state index contributed by atoms with van der Waals surface area (Å²) >= 11 is 0. The topological polar surface area (TPSA) is 98.5 Å². The molecule has 1 aromatic carbocycles. The Labute approximate surface area is 116 Å². The van der Waals surface area contributed by atoms with Gasteiger partial charge in [-0.25, -0.2) is 0 Å². The highest BCUT2D eigenvalue weighted by Crippen LogP contribution is 2.06. The maximum Gasteiger partial charge on any atom is 0.226 e. The molecule has 0 radical (unpaired) electrons. The quantitative estimate of drug-likeness (QED) is 0.426. The smallest absolute Gasteiger partial charge is 0.226 e. The number of rotatable bonds is 8. The van der Waals surface area contributed by atoms with Gasteiger partial charge < -0.3 is 14.8 Å². The molecule has 0 spiro atoms. The lowest BCUT2D eigenvalue weighted by Gasteiger charge is -2.20. The molecule has 1 aromatic rings. The van der Waals surface area contributed by atoms with Gasteiger partial charge in [0.05, 0.1) is 6.61 Å². The molecule has 0 aliphatic heterocycles. The molecule has 1 amide bonds. The summed E-state index contributed by atoms with van der Waals surface area (Å²) in [6.07, 6.45) is -0.600. The highest BCUT2D eigenvalue weighted by molar-refractivity contribution is 5.74. The Kier molecular flexibility index (Phi) is 6.31. The van der Waals surface area contributed by atoms with Crippen LogP contribution in [0.15, 0.2) is 30.3 Å². The third-order valence-electron chi connectivity index (χ3n) is 2.55. The van der Waals surface area contributed by atoms with Crippen molar-refractivity contribution in [3.8, 4) is 0 Å². The highest BCUT2D eigenvalue weighted by Gasteiger charge is 2.27. The Morgan fingerprint density at radius 2 is 2.10 bits per heavy atom. The first-order valence-electron chi connectivity index (χ1n) is 6.02. The molecule has 1 rings (SSSR count). The van der Waals surface area contributed by atoms with Crippen LogP contribution < -0.4 is 5.32 Å². The average Bonchev–Trinajstić information content (AvgIpc) is 2.39. The van der Waals surface area contributed by atoms with Gasteiger partial charge >= 0.3 is 0 Å². The number of ether oxygens (including phenoxy) is 1. The monoisotopic (exact) mass is 280 g/mol. The molecule has 0 fully saturated rings. The first-order valence-corrected chi connectivity index (χ1v) is 6.02. The minimum atomic E-state index is -1.07. The van der Waals surface area contributed by atoms with E-state index >= 15 is 0 Å². The van der Waals surface area contributed by atoms with E-state index in [2.05, 4.69) is 5.32 Å². The van der Waals surface area contributed by atoms with Gasteiger partial charge in [0.25, 0.3) is 0 Å². The van der Waals surface area contributed by atoms with Crippen LogP contribution in [-0.4, -0.2) is 35.8 Å². The fourth-order valence-corrected chi connectivity index (χ4v) is 1.67. The van der Waals surface area contributed by atoms with Gasteiger partial charge in [0.15, 0.2) is 6.29 Å². The normalized spacial score (nSPS) is 13.2. The molecule has 0 saturated heterocycles. The van der Waals surface area contributed by atoms with E-state index in [0.717, 1.165) is 5.56 Å². The number of carbonyl (C=O) groups excluding carboxylic acids is 2. The van der Waals surface area contributed by atoms with Crippen molar-refractivity contribution in [1.82, 2.24) is 5.32 Å². The minimum absolute atomic E-state index is 0.137. The van der Waals surface area contributed by atoms with Crippen molar-refractivity contribution in [2.24, 2.45) is 0 Å². The van der Waals surface area contributed by atoms with Crippen LogP contribution in [0.3, 0.4) is 0 Å². The molecule has 0 heterocycles. The fraction of sp³-hybridized carbons (Fsp3) is 0.385. The third kappa shape index (κ3) is 5.57. The van der Waals surface area contributed by atoms with E-state index in [1.807, 2.05) is 30.3 Å². The summed E-state index contributed by atoms with van der Waals surface area (Å²) in [6, 6.07) is 8.11. The van der Waals surface area contributed by atoms with Crippen molar-refractivity contribution in [1.29, 1.82) is 0 Å². The summed E-state index contributed by atoms with van der Waals surface area (Å²) < 4.78 is 5.35. The molecule has 20 heavy (non-hydrogen) atoms. The van der Waals surface area contributed by atoms with Gasteiger partial charge in [-0.3, -0.25) is 14.9 Å². The van der Waals surface area contributed by atoms with E-state index in [4.69, 9.17) is 4.74 Å². The second kappa shape index (κ2) is 8.00. The molecule has 0 bridgehead atoms. The molecule has 0 aromatic heterocycles. The Hall–Kier alpha value is -2.28. The summed E-state index contributed by atoms with van der Waals surface area (Å²) in [7, 11) is 0. The number of amides is 1. The van der Waals surface area contributed by atoms with Gasteiger partial charge in [0.1, 0.15) is 12.1 Å². The van der Waals surface area contributed by atoms with E-state index in [-0.39, 0.29) is 6.61 Å². The van der Waals surface area contributed by atoms with Crippen LogP contribution in [0.1, 0.15) is 12.5 Å². The van der Waals surface area contributed by atoms with E-state index in [1.54, 1.807) is 0 Å². The number of nitro groups is 1. The van der Waals surface area contributed by atoms with Crippen LogP contribution in [0.25, 0.3) is 0 Å². The Bertz CT molecular complexity index is 447. The predicted octanol–water partition coefficient (Wildman–Crippen LogP) is 0.552. The molecule has 2 unspecified atom stereocenters. The van der Waals surface area contributed by atoms with Crippen molar-refractivity contribution >= 4 is 12.2 Å².